The van der Waals surface area contributed by atoms with E-state index in [0.29, 0.717) is 0 Å². The van der Waals surface area contributed by atoms with Crippen LogP contribution in [0.2, 0.25) is 0 Å². The van der Waals surface area contributed by atoms with Gasteiger partial charge in [-0.3, -0.25) is 0 Å². The van der Waals surface area contributed by atoms with Crippen LogP contribution in [-0.2, 0) is 7.05 Å². The van der Waals surface area contributed by atoms with E-state index in [0.717, 1.165) is 11.1 Å². The second kappa shape index (κ2) is 3.05. The van der Waals surface area contributed by atoms with Gasteiger partial charge in [0.25, 0.3) is 0 Å². The summed E-state index contributed by atoms with van der Waals surface area (Å²) in [6.45, 7) is 0. The summed E-state index contributed by atoms with van der Waals surface area (Å²) in [6.07, 6.45) is 2.00. The van der Waals surface area contributed by atoms with E-state index >= 15 is 0 Å². The molecule has 0 fully saturated rings. The number of rotatable bonds is 1. The van der Waals surface area contributed by atoms with Gasteiger partial charge in [0.15, 0.2) is 6.20 Å². The van der Waals surface area contributed by atoms with Crippen molar-refractivity contribution in [3.05, 3.63) is 36.5 Å². The molecule has 2 nitrogen and oxygen atoms in total. The average molecular weight is 174 g/mol. The van der Waals surface area contributed by atoms with Crippen molar-refractivity contribution in [3.63, 3.8) is 0 Å². The number of hydrogen-bond acceptors (Lipinski definition) is 1. The number of benzene rings is 1. The van der Waals surface area contributed by atoms with E-state index in [1.165, 1.54) is 5.52 Å². The highest BCUT2D eigenvalue weighted by Gasteiger charge is 2.07. The zero-order chi connectivity index (χ0) is 9.26. The van der Waals surface area contributed by atoms with Gasteiger partial charge in [0, 0.05) is 12.1 Å². The predicted octanol–water partition coefficient (Wildman–Crippen LogP) is 1.67. The first-order chi connectivity index (χ1) is 6.33. The van der Waals surface area contributed by atoms with Crippen molar-refractivity contribution in [1.82, 2.24) is 0 Å². The molecule has 0 radical (unpaired) electrons. The summed E-state index contributed by atoms with van der Waals surface area (Å²) in [6, 6.07) is 10.2. The summed E-state index contributed by atoms with van der Waals surface area (Å²) in [7, 11) is 3.73. The van der Waals surface area contributed by atoms with Crippen molar-refractivity contribution in [2.24, 2.45) is 7.05 Å². The molecule has 0 bridgehead atoms. The van der Waals surface area contributed by atoms with Crippen molar-refractivity contribution in [3.8, 4) is 5.75 Å². The minimum Gasteiger partial charge on any atom is -0.496 e. The van der Waals surface area contributed by atoms with Crippen molar-refractivity contribution >= 4 is 10.9 Å². The Hall–Kier alpha value is -1.57. The molecule has 0 aliphatic carbocycles. The fourth-order valence-electron chi connectivity index (χ4n) is 1.52. The fourth-order valence-corrected chi connectivity index (χ4v) is 1.52. The van der Waals surface area contributed by atoms with E-state index in [1.807, 2.05) is 31.4 Å². The highest BCUT2D eigenvalue weighted by atomic mass is 16.5. The first-order valence-electron chi connectivity index (χ1n) is 4.24. The van der Waals surface area contributed by atoms with Gasteiger partial charge in [-0.2, -0.15) is 0 Å². The van der Waals surface area contributed by atoms with Gasteiger partial charge >= 0.3 is 0 Å². The van der Waals surface area contributed by atoms with Crippen LogP contribution in [0, 0.1) is 0 Å². The second-order valence-corrected chi connectivity index (χ2v) is 3.01. The number of fused-ring (bicyclic) bond motifs is 1. The Kier molecular flexibility index (Phi) is 1.89. The lowest BCUT2D eigenvalue weighted by molar-refractivity contribution is -0.644. The Morgan fingerprint density at radius 2 is 1.92 bits per heavy atom. The molecular formula is C11H12NO+. The second-order valence-electron chi connectivity index (χ2n) is 3.01. The molecular weight excluding hydrogens is 162 g/mol. The van der Waals surface area contributed by atoms with Crippen LogP contribution in [0.25, 0.3) is 10.9 Å². The molecule has 0 aliphatic rings. The number of aromatic nitrogens is 1. The lowest BCUT2D eigenvalue weighted by atomic mass is 10.2. The lowest BCUT2D eigenvalue weighted by Gasteiger charge is -2.02. The maximum Gasteiger partial charge on any atom is 0.216 e. The van der Waals surface area contributed by atoms with Crippen molar-refractivity contribution in [1.29, 1.82) is 0 Å². The van der Waals surface area contributed by atoms with Crippen LogP contribution in [-0.4, -0.2) is 7.11 Å². The third kappa shape index (κ3) is 1.24. The van der Waals surface area contributed by atoms with E-state index in [2.05, 4.69) is 16.7 Å². The number of nitrogens with zero attached hydrogens (tertiary/aromatic N) is 1. The number of aryl methyl sites for hydroxylation is 1. The number of ether oxygens (including phenoxy) is 1. The van der Waals surface area contributed by atoms with Crippen molar-refractivity contribution in [2.75, 3.05) is 7.11 Å². The summed E-state index contributed by atoms with van der Waals surface area (Å²) in [4.78, 5) is 0. The molecule has 0 atom stereocenters. The normalized spacial score (nSPS) is 10.3. The Bertz CT molecular complexity index is 437. The minimum absolute atomic E-state index is 0.925. The number of hydrogen-bond donors (Lipinski definition) is 0. The largest absolute Gasteiger partial charge is 0.496 e. The summed E-state index contributed by atoms with van der Waals surface area (Å²) in [5, 5.41) is 1.15. The summed E-state index contributed by atoms with van der Waals surface area (Å²) < 4.78 is 7.35. The molecule has 0 saturated heterocycles. The molecule has 2 rings (SSSR count). The van der Waals surface area contributed by atoms with E-state index in [4.69, 9.17) is 4.74 Å². The monoisotopic (exact) mass is 174 g/mol. The zero-order valence-corrected chi connectivity index (χ0v) is 7.82. The maximum absolute atomic E-state index is 5.27. The standard InChI is InChI=1S/C11H12NO/c1-12-8-7-11(13-2)9-5-3-4-6-10(9)12/h3-8H,1-2H3/q+1. The zero-order valence-electron chi connectivity index (χ0n) is 7.82. The van der Waals surface area contributed by atoms with Gasteiger partial charge in [-0.25, -0.2) is 4.57 Å². The lowest BCUT2D eigenvalue weighted by Crippen LogP contribution is -2.27. The highest BCUT2D eigenvalue weighted by Crippen LogP contribution is 2.21. The molecule has 1 aromatic heterocycles. The third-order valence-corrected chi connectivity index (χ3v) is 2.22. The summed E-state index contributed by atoms with van der Waals surface area (Å²) in [5.74, 6) is 0.925. The van der Waals surface area contributed by atoms with Crippen LogP contribution in [0.3, 0.4) is 0 Å². The van der Waals surface area contributed by atoms with Crippen LogP contribution in [0.1, 0.15) is 0 Å². The third-order valence-electron chi connectivity index (χ3n) is 2.22. The van der Waals surface area contributed by atoms with Gasteiger partial charge in [-0.15, -0.1) is 0 Å². The highest BCUT2D eigenvalue weighted by molar-refractivity contribution is 5.82. The summed E-state index contributed by atoms with van der Waals surface area (Å²) in [5.41, 5.74) is 1.18. The molecule has 0 spiro atoms. The number of pyridine rings is 1. The number of methoxy groups -OCH3 is 1. The Morgan fingerprint density at radius 3 is 2.69 bits per heavy atom. The summed E-state index contributed by atoms with van der Waals surface area (Å²) >= 11 is 0. The van der Waals surface area contributed by atoms with Gasteiger partial charge in [-0.05, 0) is 6.07 Å². The maximum atomic E-state index is 5.27. The van der Waals surface area contributed by atoms with E-state index in [-0.39, 0.29) is 0 Å². The van der Waals surface area contributed by atoms with E-state index in [9.17, 15) is 0 Å². The Morgan fingerprint density at radius 1 is 1.15 bits per heavy atom. The van der Waals surface area contributed by atoms with Crippen LogP contribution in [0.5, 0.6) is 5.75 Å². The topological polar surface area (TPSA) is 13.1 Å². The molecule has 0 unspecified atom stereocenters. The van der Waals surface area contributed by atoms with Gasteiger partial charge < -0.3 is 4.74 Å². The molecule has 0 aliphatic heterocycles. The van der Waals surface area contributed by atoms with Gasteiger partial charge in [-0.1, -0.05) is 12.1 Å². The molecule has 2 heteroatoms. The van der Waals surface area contributed by atoms with Crippen molar-refractivity contribution in [2.45, 2.75) is 0 Å². The Balaban J connectivity index is 2.84. The average Bonchev–Trinajstić information content (AvgIpc) is 2.19. The smallest absolute Gasteiger partial charge is 0.216 e. The van der Waals surface area contributed by atoms with E-state index in [1.54, 1.807) is 7.11 Å². The van der Waals surface area contributed by atoms with Gasteiger partial charge in [0.2, 0.25) is 5.52 Å². The Labute approximate surface area is 77.4 Å². The molecule has 0 amide bonds. The van der Waals surface area contributed by atoms with E-state index < -0.39 is 0 Å². The molecule has 13 heavy (non-hydrogen) atoms. The molecule has 0 saturated carbocycles. The van der Waals surface area contributed by atoms with Gasteiger partial charge in [0.1, 0.15) is 12.8 Å². The minimum atomic E-state index is 0.925. The van der Waals surface area contributed by atoms with Crippen LogP contribution in [0.15, 0.2) is 36.5 Å². The van der Waals surface area contributed by atoms with Crippen LogP contribution >= 0.6 is 0 Å². The first kappa shape index (κ1) is 8.05. The predicted molar refractivity (Wildman–Crippen MR) is 51.7 cm³/mol. The quantitative estimate of drug-likeness (QED) is 0.599. The molecule has 2 aromatic rings. The molecule has 66 valence electrons. The van der Waals surface area contributed by atoms with Crippen LogP contribution in [0.4, 0.5) is 0 Å². The van der Waals surface area contributed by atoms with Crippen molar-refractivity contribution < 1.29 is 9.30 Å². The first-order valence-corrected chi connectivity index (χ1v) is 4.24. The molecule has 0 N–H and O–H groups in total. The van der Waals surface area contributed by atoms with Crippen LogP contribution < -0.4 is 9.30 Å². The SMILES string of the molecule is COc1cc[n+](C)c2ccccc12. The molecule has 1 aromatic carbocycles. The van der Waals surface area contributed by atoms with Gasteiger partial charge in [0.05, 0.1) is 12.5 Å². The number of para-hydroxylation sites is 1. The fraction of sp³-hybridized carbons (Fsp3) is 0.182. The molecule has 1 heterocycles.